The Balaban J connectivity index is 2.44. The minimum absolute atomic E-state index is 0.733. The van der Waals surface area contributed by atoms with Crippen LogP contribution in [0.25, 0.3) is 0 Å². The van der Waals surface area contributed by atoms with Gasteiger partial charge >= 0.3 is 0 Å². The van der Waals surface area contributed by atoms with E-state index < -0.39 is 0 Å². The van der Waals surface area contributed by atoms with Crippen molar-refractivity contribution < 1.29 is 4.42 Å². The van der Waals surface area contributed by atoms with Gasteiger partial charge < -0.3 is 9.73 Å². The van der Waals surface area contributed by atoms with Crippen LogP contribution in [0.1, 0.15) is 25.5 Å². The van der Waals surface area contributed by atoms with Gasteiger partial charge in [-0.05, 0) is 6.54 Å². The minimum Gasteiger partial charge on any atom is -0.444 e. The molecule has 0 saturated heterocycles. The van der Waals surface area contributed by atoms with Gasteiger partial charge in [-0.15, -0.1) is 0 Å². The average Bonchev–Trinajstić information content (AvgIpc) is 2.48. The van der Waals surface area contributed by atoms with Crippen molar-refractivity contribution in [2.24, 2.45) is 0 Å². The first-order chi connectivity index (χ1) is 5.36. The van der Waals surface area contributed by atoms with Gasteiger partial charge in [-0.3, -0.25) is 0 Å². The van der Waals surface area contributed by atoms with E-state index in [4.69, 9.17) is 4.42 Å². The van der Waals surface area contributed by atoms with Crippen molar-refractivity contribution in [1.82, 2.24) is 10.3 Å². The molecule has 0 bridgehead atoms. The molecule has 0 aliphatic heterocycles. The van der Waals surface area contributed by atoms with Crippen molar-refractivity contribution in [2.45, 2.75) is 26.8 Å². The highest BCUT2D eigenvalue weighted by molar-refractivity contribution is 4.92. The molecule has 0 saturated carbocycles. The highest BCUT2D eigenvalue weighted by Gasteiger charge is 1.99. The largest absolute Gasteiger partial charge is 0.444 e. The molecule has 1 heterocycles. The number of nitrogens with zero attached hydrogens (tertiary/aromatic N) is 1. The molecule has 0 atom stereocenters. The second-order valence-corrected chi connectivity index (χ2v) is 2.35. The minimum atomic E-state index is 0.733. The highest BCUT2D eigenvalue weighted by Crippen LogP contribution is 2.02. The van der Waals surface area contributed by atoms with Gasteiger partial charge in [-0.2, -0.15) is 0 Å². The van der Waals surface area contributed by atoms with Crippen molar-refractivity contribution >= 4 is 0 Å². The van der Waals surface area contributed by atoms with E-state index in [1.165, 1.54) is 0 Å². The van der Waals surface area contributed by atoms with Crippen molar-refractivity contribution in [1.29, 1.82) is 0 Å². The van der Waals surface area contributed by atoms with Crippen LogP contribution in [0, 0.1) is 0 Å². The van der Waals surface area contributed by atoms with Crippen molar-refractivity contribution in [3.05, 3.63) is 17.8 Å². The normalized spacial score (nSPS) is 10.4. The fraction of sp³-hybridized carbons (Fsp3) is 0.625. The molecule has 11 heavy (non-hydrogen) atoms. The molecular formula is C8H14N2O. The zero-order valence-corrected chi connectivity index (χ0v) is 7.05. The summed E-state index contributed by atoms with van der Waals surface area (Å²) in [7, 11) is 0. The van der Waals surface area contributed by atoms with Crippen molar-refractivity contribution in [3.63, 3.8) is 0 Å². The molecule has 3 heteroatoms. The predicted molar refractivity (Wildman–Crippen MR) is 43.3 cm³/mol. The topological polar surface area (TPSA) is 38.1 Å². The Morgan fingerprint density at radius 1 is 1.55 bits per heavy atom. The Morgan fingerprint density at radius 2 is 2.36 bits per heavy atom. The van der Waals surface area contributed by atoms with Gasteiger partial charge in [-0.1, -0.05) is 13.8 Å². The van der Waals surface area contributed by atoms with Gasteiger partial charge in [0.25, 0.3) is 0 Å². The Labute approximate surface area is 66.8 Å². The lowest BCUT2D eigenvalue weighted by Crippen LogP contribution is -2.11. The summed E-state index contributed by atoms with van der Waals surface area (Å²) in [5.74, 6) is 1.74. The molecule has 0 amide bonds. The quantitative estimate of drug-likeness (QED) is 0.711. The number of oxazole rings is 1. The molecule has 0 aromatic carbocycles. The third-order valence-corrected chi connectivity index (χ3v) is 1.48. The van der Waals surface area contributed by atoms with Crippen molar-refractivity contribution in [2.75, 3.05) is 6.54 Å². The second-order valence-electron chi connectivity index (χ2n) is 2.35. The van der Waals surface area contributed by atoms with E-state index in [0.29, 0.717) is 0 Å². The smallest absolute Gasteiger partial charge is 0.208 e. The van der Waals surface area contributed by atoms with Gasteiger partial charge in [0.1, 0.15) is 5.76 Å². The van der Waals surface area contributed by atoms with Crippen LogP contribution in [0.2, 0.25) is 0 Å². The van der Waals surface area contributed by atoms with Crippen LogP contribution in [0.5, 0.6) is 0 Å². The molecule has 3 nitrogen and oxygen atoms in total. The summed E-state index contributed by atoms with van der Waals surface area (Å²) in [6.07, 6.45) is 2.70. The molecule has 0 aliphatic rings. The number of aromatic nitrogens is 1. The van der Waals surface area contributed by atoms with Crippen LogP contribution in [0.15, 0.2) is 10.6 Å². The van der Waals surface area contributed by atoms with E-state index in [0.717, 1.165) is 31.2 Å². The van der Waals surface area contributed by atoms with E-state index in [1.807, 2.05) is 0 Å². The summed E-state index contributed by atoms with van der Waals surface area (Å²) in [6, 6.07) is 0. The lowest BCUT2D eigenvalue weighted by atomic mass is 10.4. The number of rotatable bonds is 4. The van der Waals surface area contributed by atoms with E-state index in [2.05, 4.69) is 24.1 Å². The van der Waals surface area contributed by atoms with E-state index in [1.54, 1.807) is 6.20 Å². The second kappa shape index (κ2) is 4.13. The van der Waals surface area contributed by atoms with Crippen LogP contribution in [-0.4, -0.2) is 11.5 Å². The Hall–Kier alpha value is -0.830. The molecule has 1 rings (SSSR count). The molecule has 62 valence electrons. The number of hydrogen-bond donors (Lipinski definition) is 1. The zero-order chi connectivity index (χ0) is 8.10. The molecule has 0 unspecified atom stereocenters. The fourth-order valence-electron chi connectivity index (χ4n) is 0.825. The highest BCUT2D eigenvalue weighted by atomic mass is 16.4. The summed E-state index contributed by atoms with van der Waals surface area (Å²) >= 11 is 0. The van der Waals surface area contributed by atoms with Gasteiger partial charge in [-0.25, -0.2) is 4.98 Å². The van der Waals surface area contributed by atoms with Gasteiger partial charge in [0, 0.05) is 6.42 Å². The van der Waals surface area contributed by atoms with Gasteiger partial charge in [0.2, 0.25) is 5.89 Å². The zero-order valence-electron chi connectivity index (χ0n) is 7.05. The van der Waals surface area contributed by atoms with Crippen LogP contribution in [0.3, 0.4) is 0 Å². The summed E-state index contributed by atoms with van der Waals surface area (Å²) in [5.41, 5.74) is 0. The average molecular weight is 154 g/mol. The van der Waals surface area contributed by atoms with Crippen molar-refractivity contribution in [3.8, 4) is 0 Å². The molecule has 0 aliphatic carbocycles. The van der Waals surface area contributed by atoms with Crippen LogP contribution in [-0.2, 0) is 13.0 Å². The number of aryl methyl sites for hydroxylation is 1. The summed E-state index contributed by atoms with van der Waals surface area (Å²) in [4.78, 5) is 4.10. The van der Waals surface area contributed by atoms with Gasteiger partial charge in [0.05, 0.1) is 12.7 Å². The van der Waals surface area contributed by atoms with E-state index >= 15 is 0 Å². The molecule has 1 aromatic rings. The number of hydrogen-bond acceptors (Lipinski definition) is 3. The molecule has 1 N–H and O–H groups in total. The van der Waals surface area contributed by atoms with Crippen LogP contribution in [0.4, 0.5) is 0 Å². The monoisotopic (exact) mass is 154 g/mol. The molecule has 0 fully saturated rings. The third-order valence-electron chi connectivity index (χ3n) is 1.48. The first-order valence-electron chi connectivity index (χ1n) is 4.01. The predicted octanol–water partition coefficient (Wildman–Crippen LogP) is 1.35. The SMILES string of the molecule is CCNCc1ncc(CC)o1. The first kappa shape index (κ1) is 8.27. The maximum atomic E-state index is 5.36. The summed E-state index contributed by atoms with van der Waals surface area (Å²) < 4.78 is 5.36. The fourth-order valence-corrected chi connectivity index (χ4v) is 0.825. The molecule has 0 radical (unpaired) electrons. The van der Waals surface area contributed by atoms with E-state index in [-0.39, 0.29) is 0 Å². The Morgan fingerprint density at radius 3 is 2.91 bits per heavy atom. The Kier molecular flexibility index (Phi) is 3.11. The maximum Gasteiger partial charge on any atom is 0.208 e. The number of nitrogens with one attached hydrogen (secondary N) is 1. The van der Waals surface area contributed by atoms with Gasteiger partial charge in [0.15, 0.2) is 0 Å². The Bertz CT molecular complexity index is 208. The van der Waals surface area contributed by atoms with E-state index in [9.17, 15) is 0 Å². The summed E-state index contributed by atoms with van der Waals surface area (Å²) in [6.45, 7) is 5.79. The third kappa shape index (κ3) is 2.35. The first-order valence-corrected chi connectivity index (χ1v) is 4.01. The lowest BCUT2D eigenvalue weighted by Gasteiger charge is -1.94. The van der Waals surface area contributed by atoms with Crippen LogP contribution < -0.4 is 5.32 Å². The standard InChI is InChI=1S/C8H14N2O/c1-3-7-5-10-8(11-7)6-9-4-2/h5,9H,3-4,6H2,1-2H3. The van der Waals surface area contributed by atoms with Crippen LogP contribution >= 0.6 is 0 Å². The molecule has 0 spiro atoms. The molecular weight excluding hydrogens is 140 g/mol. The maximum absolute atomic E-state index is 5.36. The summed E-state index contributed by atoms with van der Waals surface area (Å²) in [5, 5.41) is 3.15. The lowest BCUT2D eigenvalue weighted by molar-refractivity contribution is 0.442. The molecule has 1 aromatic heterocycles.